The summed E-state index contributed by atoms with van der Waals surface area (Å²) in [6.45, 7) is 0. The fraction of sp³-hybridized carbons (Fsp3) is 0.261. The summed E-state index contributed by atoms with van der Waals surface area (Å²) in [6.07, 6.45) is 6.55. The van der Waals surface area contributed by atoms with Crippen LogP contribution < -0.4 is 5.73 Å². The van der Waals surface area contributed by atoms with Crippen molar-refractivity contribution in [2.45, 2.75) is 38.5 Å². The van der Waals surface area contributed by atoms with E-state index in [-0.39, 0.29) is 5.84 Å². The molecular formula is C23H24N2O2. The number of unbranched alkanes of at least 4 members (excludes halogenated alkanes) is 3. The van der Waals surface area contributed by atoms with Gasteiger partial charge in [0.2, 0.25) is 0 Å². The van der Waals surface area contributed by atoms with Crippen LogP contribution >= 0.6 is 0 Å². The Kier molecular flexibility index (Phi) is 4.97. The molecular weight excluding hydrogens is 336 g/mol. The average Bonchev–Trinajstić information content (AvgIpc) is 3.26. The van der Waals surface area contributed by atoms with Crippen molar-refractivity contribution in [3.8, 4) is 0 Å². The van der Waals surface area contributed by atoms with Crippen molar-refractivity contribution >= 4 is 27.8 Å². The molecule has 0 amide bonds. The first-order chi connectivity index (χ1) is 13.2. The van der Waals surface area contributed by atoms with Gasteiger partial charge in [-0.2, -0.15) is 0 Å². The number of furan rings is 2. The smallest absolute Gasteiger partial charge is 0.134 e. The van der Waals surface area contributed by atoms with Crippen LogP contribution in [0.15, 0.2) is 63.4 Å². The summed E-state index contributed by atoms with van der Waals surface area (Å²) >= 11 is 0. The molecule has 4 nitrogen and oxygen atoms in total. The zero-order chi connectivity index (χ0) is 18.6. The minimum Gasteiger partial charge on any atom is -0.461 e. The third-order valence-electron chi connectivity index (χ3n) is 4.95. The van der Waals surface area contributed by atoms with Gasteiger partial charge in [-0.15, -0.1) is 0 Å². The van der Waals surface area contributed by atoms with Crippen LogP contribution in [0, 0.1) is 5.41 Å². The molecule has 3 N–H and O–H groups in total. The number of amidine groups is 1. The second-order valence-electron chi connectivity index (χ2n) is 7.04. The van der Waals surface area contributed by atoms with Gasteiger partial charge in [0.05, 0.1) is 0 Å². The van der Waals surface area contributed by atoms with E-state index in [4.69, 9.17) is 20.0 Å². The molecule has 2 heterocycles. The number of nitrogens with one attached hydrogen (secondary N) is 1. The second-order valence-corrected chi connectivity index (χ2v) is 7.04. The van der Waals surface area contributed by atoms with Crippen molar-refractivity contribution < 1.29 is 8.83 Å². The van der Waals surface area contributed by atoms with E-state index in [9.17, 15) is 0 Å². The predicted molar refractivity (Wildman–Crippen MR) is 109 cm³/mol. The molecule has 0 saturated heterocycles. The van der Waals surface area contributed by atoms with Crippen LogP contribution in [0.3, 0.4) is 0 Å². The summed E-state index contributed by atoms with van der Waals surface area (Å²) in [7, 11) is 0. The lowest BCUT2D eigenvalue weighted by molar-refractivity contribution is 0.508. The third kappa shape index (κ3) is 4.05. The molecule has 0 fully saturated rings. The molecule has 138 valence electrons. The van der Waals surface area contributed by atoms with Gasteiger partial charge in [-0.1, -0.05) is 31.0 Å². The van der Waals surface area contributed by atoms with Crippen LogP contribution in [0.25, 0.3) is 21.9 Å². The van der Waals surface area contributed by atoms with E-state index >= 15 is 0 Å². The highest BCUT2D eigenvalue weighted by atomic mass is 16.3. The number of hydrogen-bond donors (Lipinski definition) is 2. The minimum atomic E-state index is 0.0871. The summed E-state index contributed by atoms with van der Waals surface area (Å²) in [5, 5.41) is 9.73. The Hall–Kier alpha value is -3.01. The molecule has 0 atom stereocenters. The SMILES string of the molecule is N=C(N)c1ccc2oc(CCCCCCc3cc4ccccc4o3)cc2c1. The molecule has 27 heavy (non-hydrogen) atoms. The molecule has 0 unspecified atom stereocenters. The van der Waals surface area contributed by atoms with Gasteiger partial charge in [0.15, 0.2) is 0 Å². The maximum absolute atomic E-state index is 7.53. The molecule has 0 aliphatic rings. The lowest BCUT2D eigenvalue weighted by Gasteiger charge is -1.99. The lowest BCUT2D eigenvalue weighted by atomic mass is 10.1. The number of benzene rings is 2. The molecule has 0 bridgehead atoms. The molecule has 4 rings (SSSR count). The van der Waals surface area contributed by atoms with E-state index in [0.29, 0.717) is 0 Å². The van der Waals surface area contributed by atoms with Crippen molar-refractivity contribution in [3.63, 3.8) is 0 Å². The topological polar surface area (TPSA) is 76.2 Å². The van der Waals surface area contributed by atoms with E-state index in [0.717, 1.165) is 59.3 Å². The normalized spacial score (nSPS) is 11.4. The zero-order valence-corrected chi connectivity index (χ0v) is 15.3. The molecule has 0 aliphatic carbocycles. The van der Waals surface area contributed by atoms with Gasteiger partial charge in [-0.25, -0.2) is 0 Å². The Morgan fingerprint density at radius 2 is 1.37 bits per heavy atom. The first-order valence-corrected chi connectivity index (χ1v) is 9.53. The number of hydrogen-bond acceptors (Lipinski definition) is 3. The van der Waals surface area contributed by atoms with E-state index in [2.05, 4.69) is 18.2 Å². The second kappa shape index (κ2) is 7.70. The Labute approximate surface area is 158 Å². The van der Waals surface area contributed by atoms with E-state index in [1.807, 2.05) is 36.4 Å². The van der Waals surface area contributed by atoms with Crippen LogP contribution in [0.1, 0.15) is 42.8 Å². The average molecular weight is 360 g/mol. The largest absolute Gasteiger partial charge is 0.461 e. The molecule has 4 aromatic rings. The van der Waals surface area contributed by atoms with Crippen molar-refractivity contribution in [1.82, 2.24) is 0 Å². The van der Waals surface area contributed by atoms with Crippen LogP contribution in [0.5, 0.6) is 0 Å². The number of nitrogens with two attached hydrogens (primary N) is 1. The van der Waals surface area contributed by atoms with Gasteiger partial charge < -0.3 is 14.6 Å². The zero-order valence-electron chi connectivity index (χ0n) is 15.3. The molecule has 2 aromatic carbocycles. The van der Waals surface area contributed by atoms with Crippen molar-refractivity contribution in [1.29, 1.82) is 5.41 Å². The van der Waals surface area contributed by atoms with Crippen LogP contribution in [0.2, 0.25) is 0 Å². The van der Waals surface area contributed by atoms with Crippen molar-refractivity contribution in [2.75, 3.05) is 0 Å². The highest BCUT2D eigenvalue weighted by molar-refractivity contribution is 5.98. The quantitative estimate of drug-likeness (QED) is 0.236. The number of para-hydroxylation sites is 1. The van der Waals surface area contributed by atoms with Gasteiger partial charge in [-0.05, 0) is 49.2 Å². The molecule has 0 radical (unpaired) electrons. The molecule has 0 aliphatic heterocycles. The first-order valence-electron chi connectivity index (χ1n) is 9.53. The number of nitrogen functional groups attached to an aromatic ring is 1. The monoisotopic (exact) mass is 360 g/mol. The molecule has 2 aromatic heterocycles. The van der Waals surface area contributed by atoms with Gasteiger partial charge in [0.1, 0.15) is 28.5 Å². The van der Waals surface area contributed by atoms with Gasteiger partial charge in [0.25, 0.3) is 0 Å². The predicted octanol–water partition coefficient (Wildman–Crippen LogP) is 5.81. The highest BCUT2D eigenvalue weighted by Gasteiger charge is 2.06. The maximum atomic E-state index is 7.53. The summed E-state index contributed by atoms with van der Waals surface area (Å²) in [5.41, 5.74) is 8.12. The van der Waals surface area contributed by atoms with Gasteiger partial charge >= 0.3 is 0 Å². The molecule has 0 spiro atoms. The van der Waals surface area contributed by atoms with Crippen LogP contribution in [0.4, 0.5) is 0 Å². The Balaban J connectivity index is 1.23. The van der Waals surface area contributed by atoms with Gasteiger partial charge in [-0.3, -0.25) is 5.41 Å². The molecule has 4 heteroatoms. The maximum Gasteiger partial charge on any atom is 0.134 e. The minimum absolute atomic E-state index is 0.0871. The van der Waals surface area contributed by atoms with Crippen LogP contribution in [-0.4, -0.2) is 5.84 Å². The Morgan fingerprint density at radius 1 is 0.741 bits per heavy atom. The molecule has 0 saturated carbocycles. The van der Waals surface area contributed by atoms with Crippen molar-refractivity contribution in [3.05, 3.63) is 71.7 Å². The van der Waals surface area contributed by atoms with E-state index in [1.165, 1.54) is 18.2 Å². The summed E-state index contributed by atoms with van der Waals surface area (Å²) in [5.74, 6) is 2.17. The Morgan fingerprint density at radius 3 is 2.04 bits per heavy atom. The standard InChI is InChI=1S/C23H24N2O2/c24-23(25)17-11-12-22-18(13-17)15-20(27-22)9-4-2-1-3-8-19-14-16-7-5-6-10-21(16)26-19/h5-7,10-15H,1-4,8-9H2,(H3,24,25). The fourth-order valence-electron chi connectivity index (χ4n) is 3.50. The fourth-order valence-corrected chi connectivity index (χ4v) is 3.50. The number of fused-ring (bicyclic) bond motifs is 2. The van der Waals surface area contributed by atoms with Crippen LogP contribution in [-0.2, 0) is 12.8 Å². The van der Waals surface area contributed by atoms with E-state index < -0.39 is 0 Å². The Bertz CT molecular complexity index is 1040. The summed E-state index contributed by atoms with van der Waals surface area (Å²) in [6, 6.07) is 18.0. The number of aryl methyl sites for hydroxylation is 2. The third-order valence-corrected chi connectivity index (χ3v) is 4.95. The summed E-state index contributed by atoms with van der Waals surface area (Å²) < 4.78 is 11.8. The van der Waals surface area contributed by atoms with E-state index in [1.54, 1.807) is 0 Å². The number of rotatable bonds is 8. The highest BCUT2D eigenvalue weighted by Crippen LogP contribution is 2.23. The summed E-state index contributed by atoms with van der Waals surface area (Å²) in [4.78, 5) is 0. The first kappa shape index (κ1) is 17.4. The van der Waals surface area contributed by atoms with Gasteiger partial charge in [0, 0.05) is 29.2 Å². The lowest BCUT2D eigenvalue weighted by Crippen LogP contribution is -2.10. The van der Waals surface area contributed by atoms with Crippen molar-refractivity contribution in [2.24, 2.45) is 5.73 Å².